The van der Waals surface area contributed by atoms with Gasteiger partial charge in [0.25, 0.3) is 0 Å². The summed E-state index contributed by atoms with van der Waals surface area (Å²) in [7, 11) is -3.65. The highest BCUT2D eigenvalue weighted by atomic mass is 32.2. The highest BCUT2D eigenvalue weighted by Gasteiger charge is 2.15. The molecule has 1 heterocycles. The van der Waals surface area contributed by atoms with Crippen LogP contribution in [0.1, 0.15) is 22.8 Å². The molecule has 128 valence electrons. The van der Waals surface area contributed by atoms with Gasteiger partial charge in [0.15, 0.2) is 5.78 Å². The molecule has 0 fully saturated rings. The number of carbonyl (C=O) groups excluding carboxylic acids is 1. The predicted octanol–water partition coefficient (Wildman–Crippen LogP) is 4.10. The molecular formula is C19H17NO3S2. The van der Waals surface area contributed by atoms with Crippen molar-refractivity contribution in [3.8, 4) is 11.1 Å². The molecule has 0 spiro atoms. The quantitative estimate of drug-likeness (QED) is 0.664. The second-order valence-corrected chi connectivity index (χ2v) is 8.12. The van der Waals surface area contributed by atoms with E-state index in [9.17, 15) is 13.2 Å². The van der Waals surface area contributed by atoms with Crippen molar-refractivity contribution in [1.29, 1.82) is 0 Å². The zero-order valence-electron chi connectivity index (χ0n) is 13.6. The third kappa shape index (κ3) is 4.04. The molecule has 0 aliphatic carbocycles. The number of ketones is 1. The minimum absolute atomic E-state index is 0.0957. The van der Waals surface area contributed by atoms with E-state index in [4.69, 9.17) is 0 Å². The first-order valence-electron chi connectivity index (χ1n) is 7.68. The Labute approximate surface area is 151 Å². The number of thiophene rings is 1. The normalized spacial score (nSPS) is 11.4. The largest absolute Gasteiger partial charge is 0.295 e. The average molecular weight is 371 g/mol. The number of hydrogen-bond acceptors (Lipinski definition) is 4. The Kier molecular flexibility index (Phi) is 5.13. The molecule has 2 aromatic carbocycles. The Morgan fingerprint density at radius 1 is 1.04 bits per heavy atom. The number of nitrogens with one attached hydrogen (secondary N) is 1. The van der Waals surface area contributed by atoms with Crippen LogP contribution in [-0.2, 0) is 16.6 Å². The fraction of sp³-hybridized carbons (Fsp3) is 0.105. The van der Waals surface area contributed by atoms with Crippen LogP contribution in [0.25, 0.3) is 11.1 Å². The predicted molar refractivity (Wildman–Crippen MR) is 100 cm³/mol. The summed E-state index contributed by atoms with van der Waals surface area (Å²) in [5.41, 5.74) is 3.48. The summed E-state index contributed by atoms with van der Waals surface area (Å²) in [5.74, 6) is -0.0957. The second-order valence-electron chi connectivity index (χ2n) is 5.57. The Bertz CT molecular complexity index is 976. The first kappa shape index (κ1) is 17.5. The van der Waals surface area contributed by atoms with Crippen LogP contribution in [0.15, 0.2) is 70.3 Å². The van der Waals surface area contributed by atoms with Crippen LogP contribution in [-0.4, -0.2) is 14.2 Å². The van der Waals surface area contributed by atoms with E-state index < -0.39 is 10.0 Å². The van der Waals surface area contributed by atoms with E-state index in [-0.39, 0.29) is 17.2 Å². The van der Waals surface area contributed by atoms with Gasteiger partial charge in [-0.1, -0.05) is 36.4 Å². The van der Waals surface area contributed by atoms with E-state index in [1.165, 1.54) is 31.2 Å². The molecule has 6 heteroatoms. The number of hydrogen-bond donors (Lipinski definition) is 1. The summed E-state index contributed by atoms with van der Waals surface area (Å²) < 4.78 is 27.6. The lowest BCUT2D eigenvalue weighted by Crippen LogP contribution is -2.23. The molecule has 1 aromatic heterocycles. The van der Waals surface area contributed by atoms with Crippen molar-refractivity contribution in [2.75, 3.05) is 0 Å². The topological polar surface area (TPSA) is 63.2 Å². The number of carbonyl (C=O) groups is 1. The molecule has 0 bridgehead atoms. The molecule has 25 heavy (non-hydrogen) atoms. The molecule has 0 aliphatic heterocycles. The van der Waals surface area contributed by atoms with Gasteiger partial charge in [-0.2, -0.15) is 11.3 Å². The monoisotopic (exact) mass is 371 g/mol. The van der Waals surface area contributed by atoms with Crippen molar-refractivity contribution >= 4 is 27.1 Å². The standard InChI is InChI=1S/C19H17NO3S2/c1-14(21)15-6-8-18(9-7-15)25(22,23)20-12-16-4-2-3-5-19(16)17-10-11-24-13-17/h2-11,13,20H,12H2,1H3. The van der Waals surface area contributed by atoms with Crippen LogP contribution in [0.3, 0.4) is 0 Å². The number of sulfonamides is 1. The average Bonchev–Trinajstić information content (AvgIpc) is 3.15. The smallest absolute Gasteiger partial charge is 0.240 e. The molecule has 0 aliphatic rings. The van der Waals surface area contributed by atoms with Gasteiger partial charge in [-0.15, -0.1) is 0 Å². The lowest BCUT2D eigenvalue weighted by atomic mass is 10.0. The fourth-order valence-corrected chi connectivity index (χ4v) is 4.16. The van der Waals surface area contributed by atoms with Gasteiger partial charge >= 0.3 is 0 Å². The zero-order chi connectivity index (χ0) is 17.9. The number of rotatable bonds is 6. The molecule has 1 N–H and O–H groups in total. The van der Waals surface area contributed by atoms with Crippen molar-refractivity contribution in [2.24, 2.45) is 0 Å². The van der Waals surface area contributed by atoms with Crippen molar-refractivity contribution in [1.82, 2.24) is 4.72 Å². The van der Waals surface area contributed by atoms with E-state index in [1.807, 2.05) is 41.1 Å². The van der Waals surface area contributed by atoms with Crippen LogP contribution in [0.2, 0.25) is 0 Å². The van der Waals surface area contributed by atoms with E-state index in [2.05, 4.69) is 4.72 Å². The lowest BCUT2D eigenvalue weighted by molar-refractivity contribution is 0.101. The maximum atomic E-state index is 12.5. The van der Waals surface area contributed by atoms with Crippen LogP contribution in [0.4, 0.5) is 0 Å². The summed E-state index contributed by atoms with van der Waals surface area (Å²) >= 11 is 1.60. The van der Waals surface area contributed by atoms with Crippen molar-refractivity contribution in [3.63, 3.8) is 0 Å². The van der Waals surface area contributed by atoms with E-state index in [0.29, 0.717) is 5.56 Å². The zero-order valence-corrected chi connectivity index (χ0v) is 15.2. The van der Waals surface area contributed by atoms with Crippen LogP contribution < -0.4 is 4.72 Å². The van der Waals surface area contributed by atoms with Crippen molar-refractivity contribution < 1.29 is 13.2 Å². The maximum Gasteiger partial charge on any atom is 0.240 e. The molecule has 0 radical (unpaired) electrons. The van der Waals surface area contributed by atoms with Crippen molar-refractivity contribution in [3.05, 3.63) is 76.5 Å². The van der Waals surface area contributed by atoms with Crippen LogP contribution in [0.5, 0.6) is 0 Å². The van der Waals surface area contributed by atoms with Crippen LogP contribution >= 0.6 is 11.3 Å². The van der Waals surface area contributed by atoms with Crippen LogP contribution in [0, 0.1) is 0 Å². The third-order valence-electron chi connectivity index (χ3n) is 3.87. The molecule has 4 nitrogen and oxygen atoms in total. The fourth-order valence-electron chi connectivity index (χ4n) is 2.50. The minimum Gasteiger partial charge on any atom is -0.295 e. The van der Waals surface area contributed by atoms with Gasteiger partial charge in [0, 0.05) is 12.1 Å². The van der Waals surface area contributed by atoms with Gasteiger partial charge in [0.05, 0.1) is 4.90 Å². The Hall–Kier alpha value is -2.28. The molecule has 0 saturated carbocycles. The van der Waals surface area contributed by atoms with Crippen molar-refractivity contribution in [2.45, 2.75) is 18.4 Å². The van der Waals surface area contributed by atoms with Gasteiger partial charge in [-0.05, 0) is 52.6 Å². The van der Waals surface area contributed by atoms with E-state index in [1.54, 1.807) is 11.3 Å². The minimum atomic E-state index is -3.65. The summed E-state index contributed by atoms with van der Waals surface area (Å²) in [6.07, 6.45) is 0. The molecule has 0 saturated heterocycles. The lowest BCUT2D eigenvalue weighted by Gasteiger charge is -2.11. The molecule has 3 aromatic rings. The Morgan fingerprint density at radius 2 is 1.76 bits per heavy atom. The molecule has 0 unspecified atom stereocenters. The number of Topliss-reactive ketones (excluding diaryl/α,β-unsaturated/α-hetero) is 1. The Balaban J connectivity index is 1.80. The highest BCUT2D eigenvalue weighted by Crippen LogP contribution is 2.26. The Morgan fingerprint density at radius 3 is 2.40 bits per heavy atom. The van der Waals surface area contributed by atoms with Gasteiger partial charge < -0.3 is 0 Å². The summed E-state index contributed by atoms with van der Waals surface area (Å²) in [5, 5.41) is 4.03. The maximum absolute atomic E-state index is 12.5. The summed E-state index contributed by atoms with van der Waals surface area (Å²) in [4.78, 5) is 11.4. The van der Waals surface area contributed by atoms with Gasteiger partial charge in [0.1, 0.15) is 0 Å². The third-order valence-corrected chi connectivity index (χ3v) is 5.97. The second kappa shape index (κ2) is 7.31. The number of benzene rings is 2. The first-order chi connectivity index (χ1) is 12.0. The SMILES string of the molecule is CC(=O)c1ccc(S(=O)(=O)NCc2ccccc2-c2ccsc2)cc1. The summed E-state index contributed by atoms with van der Waals surface area (Å²) in [6, 6.07) is 15.7. The molecule has 0 amide bonds. The molecule has 3 rings (SSSR count). The molecule has 0 atom stereocenters. The van der Waals surface area contributed by atoms with E-state index in [0.717, 1.165) is 16.7 Å². The summed E-state index contributed by atoms with van der Waals surface area (Å²) in [6.45, 7) is 1.64. The van der Waals surface area contributed by atoms with Gasteiger partial charge in [-0.3, -0.25) is 4.79 Å². The van der Waals surface area contributed by atoms with Gasteiger partial charge in [0.2, 0.25) is 10.0 Å². The van der Waals surface area contributed by atoms with E-state index >= 15 is 0 Å². The highest BCUT2D eigenvalue weighted by molar-refractivity contribution is 7.89. The molecular weight excluding hydrogens is 354 g/mol. The first-order valence-corrected chi connectivity index (χ1v) is 10.1. The van der Waals surface area contributed by atoms with Gasteiger partial charge in [-0.25, -0.2) is 13.1 Å².